The molecule has 0 saturated carbocycles. The molecule has 2 aliphatic carbocycles. The van der Waals surface area contributed by atoms with Crippen LogP contribution in [-0.4, -0.2) is 0 Å². The molecule has 0 amide bonds. The Morgan fingerprint density at radius 2 is 2.05 bits per heavy atom. The van der Waals surface area contributed by atoms with Crippen LogP contribution in [0.25, 0.3) is 0 Å². The highest BCUT2D eigenvalue weighted by Crippen LogP contribution is 2.52. The number of rotatable bonds is 2. The lowest BCUT2D eigenvalue weighted by molar-refractivity contribution is 0.149. The Labute approximate surface area is 123 Å². The Bertz CT molecular complexity index is 522. The largest absolute Gasteiger partial charge is 0.362 e. The van der Waals surface area contributed by atoms with Crippen LogP contribution in [0.2, 0.25) is 0 Å². The van der Waals surface area contributed by atoms with E-state index in [2.05, 4.69) is 76.9 Å². The fraction of sp³-hybridized carbons (Fsp3) is 0.474. The lowest BCUT2D eigenvalue weighted by Gasteiger charge is -2.46. The second kappa shape index (κ2) is 5.12. The number of hydrogen-bond acceptors (Lipinski definition) is 1. The van der Waals surface area contributed by atoms with E-state index in [0.29, 0.717) is 5.92 Å². The number of nitrogens with one attached hydrogen (secondary N) is 1. The quantitative estimate of drug-likeness (QED) is 0.734. The van der Waals surface area contributed by atoms with E-state index in [1.807, 2.05) is 0 Å². The van der Waals surface area contributed by atoms with E-state index in [-0.39, 0.29) is 10.8 Å². The fourth-order valence-corrected chi connectivity index (χ4v) is 3.72. The molecule has 1 heteroatoms. The Balaban J connectivity index is 2.61. The summed E-state index contributed by atoms with van der Waals surface area (Å²) in [6.45, 7) is 15.4. The molecule has 0 aliphatic heterocycles. The van der Waals surface area contributed by atoms with Crippen LogP contribution in [-0.2, 0) is 0 Å². The fourth-order valence-electron chi connectivity index (χ4n) is 3.72. The monoisotopic (exact) mass is 269 g/mol. The lowest BCUT2D eigenvalue weighted by atomic mass is 9.58. The van der Waals surface area contributed by atoms with Crippen molar-refractivity contribution in [3.8, 4) is 0 Å². The summed E-state index contributed by atoms with van der Waals surface area (Å²) in [7, 11) is 0. The maximum absolute atomic E-state index is 3.83. The minimum atomic E-state index is 0.132. The van der Waals surface area contributed by atoms with Gasteiger partial charge in [-0.1, -0.05) is 64.7 Å². The third kappa shape index (κ3) is 2.42. The van der Waals surface area contributed by atoms with E-state index in [4.69, 9.17) is 0 Å². The molecule has 0 saturated heterocycles. The molecular weight excluding hydrogens is 242 g/mol. The Morgan fingerprint density at radius 3 is 2.65 bits per heavy atom. The molecule has 2 rings (SSSR count). The molecule has 0 aromatic heterocycles. The predicted molar refractivity (Wildman–Crippen MR) is 88.1 cm³/mol. The molecule has 0 aromatic rings. The van der Waals surface area contributed by atoms with E-state index < -0.39 is 0 Å². The zero-order valence-corrected chi connectivity index (χ0v) is 13.5. The third-order valence-corrected chi connectivity index (χ3v) is 4.65. The molecule has 2 aliphatic rings. The zero-order valence-electron chi connectivity index (χ0n) is 13.5. The summed E-state index contributed by atoms with van der Waals surface area (Å²) in [6.07, 6.45) is 14.3. The molecule has 2 unspecified atom stereocenters. The maximum Gasteiger partial charge on any atom is 0.0444 e. The highest BCUT2D eigenvalue weighted by atomic mass is 14.9. The Morgan fingerprint density at radius 1 is 1.35 bits per heavy atom. The van der Waals surface area contributed by atoms with Crippen LogP contribution in [0.4, 0.5) is 0 Å². The van der Waals surface area contributed by atoms with Gasteiger partial charge in [0.2, 0.25) is 0 Å². The molecule has 0 aromatic carbocycles. The van der Waals surface area contributed by atoms with Crippen molar-refractivity contribution in [3.63, 3.8) is 0 Å². The van der Waals surface area contributed by atoms with E-state index in [1.165, 1.54) is 16.8 Å². The molecule has 1 nitrogen and oxygen atoms in total. The van der Waals surface area contributed by atoms with Crippen molar-refractivity contribution in [2.24, 2.45) is 16.7 Å². The van der Waals surface area contributed by atoms with Gasteiger partial charge in [0.15, 0.2) is 0 Å². The van der Waals surface area contributed by atoms with Gasteiger partial charge in [0.25, 0.3) is 0 Å². The second-order valence-electron chi connectivity index (χ2n) is 7.23. The van der Waals surface area contributed by atoms with Gasteiger partial charge in [-0.15, -0.1) is 0 Å². The van der Waals surface area contributed by atoms with E-state index in [1.54, 1.807) is 6.20 Å². The Hall–Kier alpha value is -1.50. The maximum atomic E-state index is 3.83. The van der Waals surface area contributed by atoms with Gasteiger partial charge in [-0.3, -0.25) is 0 Å². The Kier molecular flexibility index (Phi) is 3.82. The molecule has 0 spiro atoms. The zero-order chi connectivity index (χ0) is 15.0. The first-order valence-electron chi connectivity index (χ1n) is 7.45. The van der Waals surface area contributed by atoms with Crippen molar-refractivity contribution in [2.75, 3.05) is 0 Å². The summed E-state index contributed by atoms with van der Waals surface area (Å²) >= 11 is 0. The van der Waals surface area contributed by atoms with E-state index >= 15 is 0 Å². The number of fused-ring (bicyclic) bond motifs is 1. The van der Waals surface area contributed by atoms with Gasteiger partial charge in [0.1, 0.15) is 0 Å². The average molecular weight is 269 g/mol. The molecule has 0 bridgehead atoms. The summed E-state index contributed by atoms with van der Waals surface area (Å²) < 4.78 is 0. The lowest BCUT2D eigenvalue weighted by Crippen LogP contribution is -2.38. The molecule has 108 valence electrons. The van der Waals surface area contributed by atoms with Crippen LogP contribution in [0.3, 0.4) is 0 Å². The first-order chi connectivity index (χ1) is 9.30. The van der Waals surface area contributed by atoms with Gasteiger partial charge in [0, 0.05) is 11.1 Å². The highest BCUT2D eigenvalue weighted by Gasteiger charge is 2.44. The summed E-state index contributed by atoms with van der Waals surface area (Å²) in [6, 6.07) is 0. The van der Waals surface area contributed by atoms with Crippen LogP contribution >= 0.6 is 0 Å². The molecular formula is C19H27N. The topological polar surface area (TPSA) is 12.0 Å². The normalized spacial score (nSPS) is 29.6. The number of hydrogen-bond donors (Lipinski definition) is 1. The van der Waals surface area contributed by atoms with Gasteiger partial charge < -0.3 is 5.32 Å². The molecule has 0 heterocycles. The smallest absolute Gasteiger partial charge is 0.0444 e. The second-order valence-corrected chi connectivity index (χ2v) is 7.23. The first-order valence-corrected chi connectivity index (χ1v) is 7.45. The predicted octanol–water partition coefficient (Wildman–Crippen LogP) is 5.12. The van der Waals surface area contributed by atoms with Crippen LogP contribution in [0.15, 0.2) is 60.0 Å². The minimum Gasteiger partial charge on any atom is -0.362 e. The van der Waals surface area contributed by atoms with Gasteiger partial charge in [-0.2, -0.15) is 0 Å². The van der Waals surface area contributed by atoms with Gasteiger partial charge in [-0.05, 0) is 42.0 Å². The van der Waals surface area contributed by atoms with Gasteiger partial charge in [-0.25, -0.2) is 0 Å². The van der Waals surface area contributed by atoms with Crippen molar-refractivity contribution < 1.29 is 0 Å². The van der Waals surface area contributed by atoms with Crippen LogP contribution in [0.1, 0.15) is 41.0 Å². The van der Waals surface area contributed by atoms with Crippen molar-refractivity contribution in [1.29, 1.82) is 0 Å². The first kappa shape index (κ1) is 14.9. The van der Waals surface area contributed by atoms with Crippen molar-refractivity contribution >= 4 is 0 Å². The van der Waals surface area contributed by atoms with E-state index in [0.717, 1.165) is 6.42 Å². The third-order valence-electron chi connectivity index (χ3n) is 4.65. The summed E-state index contributed by atoms with van der Waals surface area (Å²) in [4.78, 5) is 0. The molecule has 20 heavy (non-hydrogen) atoms. The standard InChI is InChI=1S/C19H27N/c1-7-20-17-14(2)12-13-19(6)15(17)10-8-9-11-16(19)18(3,4)5/h7-12,16,20H,1,13H2,2-6H3. The van der Waals surface area contributed by atoms with Gasteiger partial charge in [0.05, 0.1) is 0 Å². The highest BCUT2D eigenvalue weighted by molar-refractivity contribution is 5.48. The average Bonchev–Trinajstić information content (AvgIpc) is 2.52. The molecule has 2 atom stereocenters. The SMILES string of the molecule is C=CNC1=C2C=CC=CC(C(C)(C)C)C2(C)CC=C1C. The summed E-state index contributed by atoms with van der Waals surface area (Å²) in [5.74, 6) is 0.506. The van der Waals surface area contributed by atoms with Crippen molar-refractivity contribution in [3.05, 3.63) is 60.0 Å². The summed E-state index contributed by atoms with van der Waals surface area (Å²) in [5.41, 5.74) is 4.31. The van der Waals surface area contributed by atoms with Crippen molar-refractivity contribution in [1.82, 2.24) is 5.32 Å². The molecule has 1 N–H and O–H groups in total. The van der Waals surface area contributed by atoms with Gasteiger partial charge >= 0.3 is 0 Å². The van der Waals surface area contributed by atoms with Crippen LogP contribution < -0.4 is 5.32 Å². The van der Waals surface area contributed by atoms with Crippen molar-refractivity contribution in [2.45, 2.75) is 41.0 Å². The summed E-state index contributed by atoms with van der Waals surface area (Å²) in [5, 5.41) is 3.35. The van der Waals surface area contributed by atoms with E-state index in [9.17, 15) is 0 Å². The van der Waals surface area contributed by atoms with Crippen LogP contribution in [0, 0.1) is 16.7 Å². The molecule has 0 radical (unpaired) electrons. The minimum absolute atomic E-state index is 0.132. The molecule has 0 fully saturated rings. The number of allylic oxidation sites excluding steroid dienone is 7. The van der Waals surface area contributed by atoms with Crippen LogP contribution in [0.5, 0.6) is 0 Å².